The topological polar surface area (TPSA) is 70.7 Å². The summed E-state index contributed by atoms with van der Waals surface area (Å²) in [6, 6.07) is 10.2. The summed E-state index contributed by atoms with van der Waals surface area (Å²) in [7, 11) is 0. The molecule has 5 heteroatoms. The standard InChI is InChI=1S/C13H12O4S/c1-18-9-4-2-8(3-5-9)12(14)10-6-7-11(17-10)13(15)16/h2-7,12,14H,1H3,(H,15,16). The van der Waals surface area contributed by atoms with Gasteiger partial charge in [0.2, 0.25) is 5.76 Å². The van der Waals surface area contributed by atoms with Crippen LogP contribution in [0.2, 0.25) is 0 Å². The van der Waals surface area contributed by atoms with Gasteiger partial charge in [-0.15, -0.1) is 11.8 Å². The van der Waals surface area contributed by atoms with Crippen LogP contribution in [0.1, 0.15) is 28.0 Å². The van der Waals surface area contributed by atoms with Gasteiger partial charge in [0, 0.05) is 4.90 Å². The SMILES string of the molecule is CSc1ccc(C(O)c2ccc(C(=O)O)o2)cc1. The van der Waals surface area contributed by atoms with Crippen molar-refractivity contribution in [3.05, 3.63) is 53.5 Å². The second kappa shape index (κ2) is 5.29. The number of carboxylic acids is 1. The Labute approximate surface area is 108 Å². The zero-order valence-electron chi connectivity index (χ0n) is 9.66. The van der Waals surface area contributed by atoms with Crippen LogP contribution in [0.4, 0.5) is 0 Å². The molecule has 1 atom stereocenters. The first kappa shape index (κ1) is 12.7. The number of furan rings is 1. The second-order valence-corrected chi connectivity index (χ2v) is 4.56. The predicted octanol–water partition coefficient (Wildman–Crippen LogP) is 2.78. The van der Waals surface area contributed by atoms with Crippen LogP contribution in [-0.2, 0) is 0 Å². The van der Waals surface area contributed by atoms with Crippen LogP contribution < -0.4 is 0 Å². The molecule has 2 rings (SSSR count). The number of carbonyl (C=O) groups is 1. The maximum atomic E-state index is 10.7. The second-order valence-electron chi connectivity index (χ2n) is 3.68. The normalized spacial score (nSPS) is 12.3. The lowest BCUT2D eigenvalue weighted by atomic mass is 10.1. The minimum atomic E-state index is -1.15. The van der Waals surface area contributed by atoms with Crippen LogP contribution >= 0.6 is 11.8 Å². The lowest BCUT2D eigenvalue weighted by Gasteiger charge is -2.08. The van der Waals surface area contributed by atoms with Crippen LogP contribution in [0.15, 0.2) is 45.7 Å². The number of aliphatic hydroxyl groups is 1. The third-order valence-corrected chi connectivity index (χ3v) is 3.28. The summed E-state index contributed by atoms with van der Waals surface area (Å²) in [4.78, 5) is 11.8. The van der Waals surface area contributed by atoms with Gasteiger partial charge in [-0.3, -0.25) is 0 Å². The molecule has 0 saturated heterocycles. The number of benzene rings is 1. The Morgan fingerprint density at radius 1 is 1.22 bits per heavy atom. The fourth-order valence-electron chi connectivity index (χ4n) is 1.57. The van der Waals surface area contributed by atoms with Crippen LogP contribution in [0, 0.1) is 0 Å². The van der Waals surface area contributed by atoms with E-state index in [2.05, 4.69) is 0 Å². The molecule has 1 aromatic heterocycles. The average molecular weight is 264 g/mol. The Kier molecular flexibility index (Phi) is 3.74. The Morgan fingerprint density at radius 3 is 2.39 bits per heavy atom. The molecule has 0 amide bonds. The van der Waals surface area contributed by atoms with E-state index in [0.717, 1.165) is 4.90 Å². The van der Waals surface area contributed by atoms with Crippen molar-refractivity contribution < 1.29 is 19.4 Å². The van der Waals surface area contributed by atoms with Gasteiger partial charge in [0.25, 0.3) is 0 Å². The van der Waals surface area contributed by atoms with Crippen molar-refractivity contribution in [2.45, 2.75) is 11.0 Å². The molecule has 0 aliphatic rings. The summed E-state index contributed by atoms with van der Waals surface area (Å²) in [5.41, 5.74) is 0.666. The molecule has 1 heterocycles. The van der Waals surface area contributed by atoms with Gasteiger partial charge < -0.3 is 14.6 Å². The molecular formula is C13H12O4S. The van der Waals surface area contributed by atoms with Crippen molar-refractivity contribution >= 4 is 17.7 Å². The molecule has 2 N–H and O–H groups in total. The molecule has 0 bridgehead atoms. The summed E-state index contributed by atoms with van der Waals surface area (Å²) in [5.74, 6) is -1.10. The Morgan fingerprint density at radius 2 is 1.89 bits per heavy atom. The first-order chi connectivity index (χ1) is 8.61. The molecule has 2 aromatic rings. The predicted molar refractivity (Wildman–Crippen MR) is 68.0 cm³/mol. The van der Waals surface area contributed by atoms with Crippen LogP contribution in [0.3, 0.4) is 0 Å². The van der Waals surface area contributed by atoms with Crippen molar-refractivity contribution in [3.63, 3.8) is 0 Å². The van der Waals surface area contributed by atoms with Gasteiger partial charge in [0.1, 0.15) is 11.9 Å². The van der Waals surface area contributed by atoms with E-state index in [1.165, 1.54) is 12.1 Å². The maximum Gasteiger partial charge on any atom is 0.371 e. The van der Waals surface area contributed by atoms with Gasteiger partial charge in [0.05, 0.1) is 0 Å². The molecule has 0 saturated carbocycles. The Bertz CT molecular complexity index is 544. The molecule has 0 radical (unpaired) electrons. The quantitative estimate of drug-likeness (QED) is 0.831. The van der Waals surface area contributed by atoms with Crippen molar-refractivity contribution in [2.24, 2.45) is 0 Å². The number of hydrogen-bond acceptors (Lipinski definition) is 4. The van der Waals surface area contributed by atoms with E-state index in [0.29, 0.717) is 5.56 Å². The summed E-state index contributed by atoms with van der Waals surface area (Å²) < 4.78 is 5.06. The highest BCUT2D eigenvalue weighted by Crippen LogP contribution is 2.25. The number of hydrogen-bond donors (Lipinski definition) is 2. The fourth-order valence-corrected chi connectivity index (χ4v) is 1.97. The first-order valence-electron chi connectivity index (χ1n) is 5.27. The molecule has 0 spiro atoms. The monoisotopic (exact) mass is 264 g/mol. The van der Waals surface area contributed by atoms with E-state index in [1.807, 2.05) is 18.4 Å². The Hall–Kier alpha value is -1.72. The van der Waals surface area contributed by atoms with E-state index in [-0.39, 0.29) is 11.5 Å². The summed E-state index contributed by atoms with van der Waals surface area (Å²) in [6.45, 7) is 0. The summed E-state index contributed by atoms with van der Waals surface area (Å²) in [5, 5.41) is 18.8. The number of carboxylic acid groups (broad SMARTS) is 1. The minimum Gasteiger partial charge on any atom is -0.475 e. The van der Waals surface area contributed by atoms with Gasteiger partial charge in [-0.2, -0.15) is 0 Å². The van der Waals surface area contributed by atoms with Gasteiger partial charge in [-0.05, 0) is 36.1 Å². The zero-order chi connectivity index (χ0) is 13.1. The summed E-state index contributed by atoms with van der Waals surface area (Å²) >= 11 is 1.61. The van der Waals surface area contributed by atoms with Crippen LogP contribution in [0.5, 0.6) is 0 Å². The largest absolute Gasteiger partial charge is 0.475 e. The third kappa shape index (κ3) is 2.57. The first-order valence-corrected chi connectivity index (χ1v) is 6.49. The van der Waals surface area contributed by atoms with E-state index in [4.69, 9.17) is 9.52 Å². The molecule has 94 valence electrons. The molecule has 0 fully saturated rings. The van der Waals surface area contributed by atoms with Crippen molar-refractivity contribution in [3.8, 4) is 0 Å². The number of aromatic carboxylic acids is 1. The fraction of sp³-hybridized carbons (Fsp3) is 0.154. The van der Waals surface area contributed by atoms with E-state index < -0.39 is 12.1 Å². The van der Waals surface area contributed by atoms with Crippen LogP contribution in [0.25, 0.3) is 0 Å². The highest BCUT2D eigenvalue weighted by molar-refractivity contribution is 7.98. The van der Waals surface area contributed by atoms with Gasteiger partial charge in [0.15, 0.2) is 0 Å². The third-order valence-electron chi connectivity index (χ3n) is 2.54. The number of aliphatic hydroxyl groups excluding tert-OH is 1. The van der Waals surface area contributed by atoms with Crippen molar-refractivity contribution in [2.75, 3.05) is 6.26 Å². The van der Waals surface area contributed by atoms with Crippen molar-refractivity contribution in [1.82, 2.24) is 0 Å². The lowest BCUT2D eigenvalue weighted by Crippen LogP contribution is -1.98. The smallest absolute Gasteiger partial charge is 0.371 e. The van der Waals surface area contributed by atoms with E-state index in [1.54, 1.807) is 23.9 Å². The highest BCUT2D eigenvalue weighted by Gasteiger charge is 2.17. The highest BCUT2D eigenvalue weighted by atomic mass is 32.2. The minimum absolute atomic E-state index is 0.176. The molecule has 1 unspecified atom stereocenters. The Balaban J connectivity index is 2.23. The maximum absolute atomic E-state index is 10.7. The van der Waals surface area contributed by atoms with Gasteiger partial charge in [-0.25, -0.2) is 4.79 Å². The average Bonchev–Trinajstić information content (AvgIpc) is 2.88. The number of thioether (sulfide) groups is 1. The molecule has 0 aliphatic carbocycles. The van der Waals surface area contributed by atoms with E-state index in [9.17, 15) is 9.90 Å². The van der Waals surface area contributed by atoms with Gasteiger partial charge >= 0.3 is 5.97 Å². The lowest BCUT2D eigenvalue weighted by molar-refractivity contribution is 0.0655. The van der Waals surface area contributed by atoms with Crippen molar-refractivity contribution in [1.29, 1.82) is 0 Å². The molecule has 18 heavy (non-hydrogen) atoms. The van der Waals surface area contributed by atoms with Crippen LogP contribution in [-0.4, -0.2) is 22.4 Å². The summed E-state index contributed by atoms with van der Waals surface area (Å²) in [6.07, 6.45) is 1.02. The molecule has 1 aromatic carbocycles. The van der Waals surface area contributed by atoms with Gasteiger partial charge in [-0.1, -0.05) is 12.1 Å². The molecule has 4 nitrogen and oxygen atoms in total. The molecular weight excluding hydrogens is 252 g/mol. The van der Waals surface area contributed by atoms with E-state index >= 15 is 0 Å². The zero-order valence-corrected chi connectivity index (χ0v) is 10.5. The molecule has 0 aliphatic heterocycles. The number of rotatable bonds is 4.